The van der Waals surface area contributed by atoms with Gasteiger partial charge in [-0.1, -0.05) is 55.1 Å². The van der Waals surface area contributed by atoms with Gasteiger partial charge in [-0.05, 0) is 67.8 Å². The summed E-state index contributed by atoms with van der Waals surface area (Å²) in [6.45, 7) is 5.71. The van der Waals surface area contributed by atoms with E-state index in [1.54, 1.807) is 17.8 Å². The maximum absolute atomic E-state index is 13.3. The number of amides is 1. The maximum Gasteiger partial charge on any atom is 0.248 e. The van der Waals surface area contributed by atoms with Crippen molar-refractivity contribution in [2.24, 2.45) is 0 Å². The van der Waals surface area contributed by atoms with Gasteiger partial charge in [0.15, 0.2) is 0 Å². The van der Waals surface area contributed by atoms with E-state index < -0.39 is 16.1 Å². The summed E-state index contributed by atoms with van der Waals surface area (Å²) in [5.74, 6) is -0.364. The van der Waals surface area contributed by atoms with Crippen molar-refractivity contribution in [2.75, 3.05) is 15.9 Å². The largest absolute Gasteiger partial charge is 0.323 e. The number of hydrogen-bond acceptors (Lipinski definition) is 4. The van der Waals surface area contributed by atoms with E-state index in [4.69, 9.17) is 0 Å². The molecule has 3 rings (SSSR count). The zero-order chi connectivity index (χ0) is 23.3. The molecule has 0 fully saturated rings. The number of nitrogens with zero attached hydrogens (tertiary/aromatic N) is 1. The lowest BCUT2D eigenvalue weighted by Gasteiger charge is -2.30. The fourth-order valence-electron chi connectivity index (χ4n) is 3.41. The number of aryl methyl sites for hydroxylation is 2. The second kappa shape index (κ2) is 10.2. The zero-order valence-electron chi connectivity index (χ0n) is 18.7. The Bertz CT molecular complexity index is 1190. The van der Waals surface area contributed by atoms with E-state index in [1.165, 1.54) is 4.31 Å². The van der Waals surface area contributed by atoms with Crippen LogP contribution in [0.25, 0.3) is 0 Å². The molecule has 5 nitrogen and oxygen atoms in total. The first-order chi connectivity index (χ1) is 15.2. The Hall–Kier alpha value is -2.77. The topological polar surface area (TPSA) is 66.5 Å². The van der Waals surface area contributed by atoms with Gasteiger partial charge in [-0.2, -0.15) is 0 Å². The number of rotatable bonds is 8. The standard InChI is InChI=1S/C25H28N2O3S2/c1-5-23(27(32(4,29)30)20-16-15-18(2)19(3)17-20)25(28)26-22-13-9-10-14-24(22)31-21-11-7-6-8-12-21/h6-17,23H,5H2,1-4H3,(H,26,28). The molecule has 0 saturated heterocycles. The Morgan fingerprint density at radius 2 is 1.62 bits per heavy atom. The molecule has 0 spiro atoms. The predicted molar refractivity (Wildman–Crippen MR) is 133 cm³/mol. The van der Waals surface area contributed by atoms with Gasteiger partial charge in [0.2, 0.25) is 15.9 Å². The van der Waals surface area contributed by atoms with Gasteiger partial charge < -0.3 is 5.32 Å². The lowest BCUT2D eigenvalue weighted by atomic mass is 10.1. The van der Waals surface area contributed by atoms with Gasteiger partial charge in [-0.15, -0.1) is 0 Å². The fourth-order valence-corrected chi connectivity index (χ4v) is 5.54. The van der Waals surface area contributed by atoms with Crippen LogP contribution < -0.4 is 9.62 Å². The Morgan fingerprint density at radius 1 is 0.969 bits per heavy atom. The van der Waals surface area contributed by atoms with Gasteiger partial charge in [0.1, 0.15) is 6.04 Å². The number of benzene rings is 3. The Morgan fingerprint density at radius 3 is 2.25 bits per heavy atom. The normalized spacial score (nSPS) is 12.2. The van der Waals surface area contributed by atoms with Crippen LogP contribution in [-0.4, -0.2) is 26.6 Å². The first-order valence-corrected chi connectivity index (χ1v) is 13.1. The van der Waals surface area contributed by atoms with Crippen molar-refractivity contribution in [3.8, 4) is 0 Å². The van der Waals surface area contributed by atoms with Gasteiger partial charge in [0.05, 0.1) is 17.6 Å². The van der Waals surface area contributed by atoms with Crippen LogP contribution in [0.5, 0.6) is 0 Å². The van der Waals surface area contributed by atoms with Crippen LogP contribution in [0.2, 0.25) is 0 Å². The average Bonchev–Trinajstić information content (AvgIpc) is 2.75. The van der Waals surface area contributed by atoms with Crippen molar-refractivity contribution in [3.05, 3.63) is 83.9 Å². The minimum atomic E-state index is -3.69. The molecule has 0 radical (unpaired) electrons. The highest BCUT2D eigenvalue weighted by atomic mass is 32.2. The van der Waals surface area contributed by atoms with Crippen LogP contribution >= 0.6 is 11.8 Å². The highest BCUT2D eigenvalue weighted by Gasteiger charge is 2.32. The summed E-state index contributed by atoms with van der Waals surface area (Å²) in [6.07, 6.45) is 1.47. The molecule has 3 aromatic carbocycles. The van der Waals surface area contributed by atoms with Gasteiger partial charge >= 0.3 is 0 Å². The van der Waals surface area contributed by atoms with Gasteiger partial charge in [0, 0.05) is 9.79 Å². The van der Waals surface area contributed by atoms with E-state index >= 15 is 0 Å². The smallest absolute Gasteiger partial charge is 0.248 e. The number of para-hydroxylation sites is 1. The summed E-state index contributed by atoms with van der Waals surface area (Å²) < 4.78 is 26.7. The van der Waals surface area contributed by atoms with E-state index in [0.717, 1.165) is 27.2 Å². The third-order valence-electron chi connectivity index (χ3n) is 5.19. The Labute approximate surface area is 194 Å². The molecule has 0 aliphatic rings. The summed E-state index contributed by atoms with van der Waals surface area (Å²) in [4.78, 5) is 15.3. The molecule has 0 heterocycles. The molecule has 1 unspecified atom stereocenters. The molecule has 1 amide bonds. The summed E-state index contributed by atoms with van der Waals surface area (Å²) in [6, 6.07) is 22.0. The third kappa shape index (κ3) is 5.72. The number of carbonyl (C=O) groups is 1. The molecule has 0 saturated carbocycles. The third-order valence-corrected chi connectivity index (χ3v) is 7.45. The van der Waals surface area contributed by atoms with Crippen molar-refractivity contribution in [3.63, 3.8) is 0 Å². The molecule has 0 aromatic heterocycles. The minimum Gasteiger partial charge on any atom is -0.323 e. The molecular weight excluding hydrogens is 440 g/mol. The molecule has 0 aliphatic heterocycles. The molecule has 0 aliphatic carbocycles. The molecule has 1 atom stereocenters. The summed E-state index contributed by atoms with van der Waals surface area (Å²) in [7, 11) is -3.69. The Balaban J connectivity index is 1.92. The van der Waals surface area contributed by atoms with Crippen LogP contribution in [0.4, 0.5) is 11.4 Å². The van der Waals surface area contributed by atoms with E-state index in [-0.39, 0.29) is 5.91 Å². The molecule has 168 valence electrons. The first kappa shape index (κ1) is 23.9. The maximum atomic E-state index is 13.3. The molecular formula is C25H28N2O3S2. The molecule has 7 heteroatoms. The Kier molecular flexibility index (Phi) is 7.64. The van der Waals surface area contributed by atoms with E-state index in [2.05, 4.69) is 5.32 Å². The van der Waals surface area contributed by atoms with Crippen LogP contribution in [0.3, 0.4) is 0 Å². The second-order valence-corrected chi connectivity index (χ2v) is 10.6. The summed E-state index contributed by atoms with van der Waals surface area (Å²) >= 11 is 1.54. The monoisotopic (exact) mass is 468 g/mol. The van der Waals surface area contributed by atoms with Gasteiger partial charge in [0.25, 0.3) is 0 Å². The van der Waals surface area contributed by atoms with Crippen molar-refractivity contribution in [1.29, 1.82) is 0 Å². The molecule has 32 heavy (non-hydrogen) atoms. The predicted octanol–water partition coefficient (Wildman–Crippen LogP) is 5.64. The minimum absolute atomic E-state index is 0.333. The lowest BCUT2D eigenvalue weighted by molar-refractivity contribution is -0.117. The van der Waals surface area contributed by atoms with Crippen molar-refractivity contribution < 1.29 is 13.2 Å². The van der Waals surface area contributed by atoms with Crippen LogP contribution in [0.15, 0.2) is 82.6 Å². The molecule has 1 N–H and O–H groups in total. The molecule has 3 aromatic rings. The van der Waals surface area contributed by atoms with Gasteiger partial charge in [-0.25, -0.2) is 8.42 Å². The quantitative estimate of drug-likeness (QED) is 0.465. The highest BCUT2D eigenvalue weighted by molar-refractivity contribution is 7.99. The van der Waals surface area contributed by atoms with Crippen molar-refractivity contribution >= 4 is 39.1 Å². The van der Waals surface area contributed by atoms with Crippen molar-refractivity contribution in [2.45, 2.75) is 43.0 Å². The number of carbonyl (C=O) groups excluding carboxylic acids is 1. The molecule has 0 bridgehead atoms. The van der Waals surface area contributed by atoms with Crippen LogP contribution in [-0.2, 0) is 14.8 Å². The lowest BCUT2D eigenvalue weighted by Crippen LogP contribution is -2.47. The highest BCUT2D eigenvalue weighted by Crippen LogP contribution is 2.34. The number of anilines is 2. The number of hydrogen-bond donors (Lipinski definition) is 1. The second-order valence-electron chi connectivity index (χ2n) is 7.65. The average molecular weight is 469 g/mol. The summed E-state index contributed by atoms with van der Waals surface area (Å²) in [5, 5.41) is 2.96. The fraction of sp³-hybridized carbons (Fsp3) is 0.240. The number of nitrogens with one attached hydrogen (secondary N) is 1. The van der Waals surface area contributed by atoms with E-state index in [0.29, 0.717) is 17.8 Å². The van der Waals surface area contributed by atoms with Crippen LogP contribution in [0, 0.1) is 13.8 Å². The van der Waals surface area contributed by atoms with E-state index in [9.17, 15) is 13.2 Å². The van der Waals surface area contributed by atoms with E-state index in [1.807, 2.05) is 87.5 Å². The SMILES string of the molecule is CCC(C(=O)Nc1ccccc1Sc1ccccc1)N(c1ccc(C)c(C)c1)S(C)(=O)=O. The zero-order valence-corrected chi connectivity index (χ0v) is 20.3. The summed E-state index contributed by atoms with van der Waals surface area (Å²) in [5.41, 5.74) is 3.17. The first-order valence-electron chi connectivity index (χ1n) is 10.4. The van der Waals surface area contributed by atoms with Crippen LogP contribution in [0.1, 0.15) is 24.5 Å². The number of sulfonamides is 1. The van der Waals surface area contributed by atoms with Crippen molar-refractivity contribution in [1.82, 2.24) is 0 Å². The van der Waals surface area contributed by atoms with Gasteiger partial charge in [-0.3, -0.25) is 9.10 Å².